The Kier molecular flexibility index (Phi) is 6.89. The van der Waals surface area contributed by atoms with Crippen LogP contribution in [0.5, 0.6) is 0 Å². The highest BCUT2D eigenvalue weighted by molar-refractivity contribution is 7.13. The Bertz CT molecular complexity index is 888. The summed E-state index contributed by atoms with van der Waals surface area (Å²) < 4.78 is 11.4. The summed E-state index contributed by atoms with van der Waals surface area (Å²) in [5, 5.41) is 8.95. The maximum absolute atomic E-state index is 12.4. The summed E-state index contributed by atoms with van der Waals surface area (Å²) in [5.41, 5.74) is 0. The number of hydrogen-bond acceptors (Lipinski definition) is 7. The zero-order valence-corrected chi connectivity index (χ0v) is 17.7. The minimum atomic E-state index is -0.886. The van der Waals surface area contributed by atoms with Crippen LogP contribution in [0.4, 0.5) is 0 Å². The SMILES string of the molecule is C[C@H]1[C@H](C)CCC[C@H]1NC(=O)[C@H](C)OC(=O)CCn1nc(-c2cccs2)oc1=O. The summed E-state index contributed by atoms with van der Waals surface area (Å²) in [6.45, 7) is 5.92. The van der Waals surface area contributed by atoms with Crippen molar-refractivity contribution >= 4 is 23.2 Å². The maximum Gasteiger partial charge on any atom is 0.437 e. The number of aryl methyl sites for hydroxylation is 1. The smallest absolute Gasteiger partial charge is 0.437 e. The Morgan fingerprint density at radius 1 is 1.41 bits per heavy atom. The van der Waals surface area contributed by atoms with Gasteiger partial charge in [0.15, 0.2) is 6.10 Å². The lowest BCUT2D eigenvalue weighted by molar-refractivity contribution is -0.155. The van der Waals surface area contributed by atoms with E-state index >= 15 is 0 Å². The van der Waals surface area contributed by atoms with E-state index in [1.54, 1.807) is 13.0 Å². The molecule has 0 unspecified atom stereocenters. The summed E-state index contributed by atoms with van der Waals surface area (Å²) in [6, 6.07) is 3.73. The van der Waals surface area contributed by atoms with Gasteiger partial charge in [0.25, 0.3) is 11.8 Å². The Labute approximate surface area is 173 Å². The second-order valence-electron chi connectivity index (χ2n) is 7.64. The number of ether oxygens (including phenoxy) is 1. The minimum absolute atomic E-state index is 0.0258. The number of carbonyl (C=O) groups is 2. The summed E-state index contributed by atoms with van der Waals surface area (Å²) in [7, 11) is 0. The number of rotatable bonds is 7. The van der Waals surface area contributed by atoms with Gasteiger partial charge >= 0.3 is 11.7 Å². The Morgan fingerprint density at radius 3 is 2.93 bits per heavy atom. The molecule has 1 saturated carbocycles. The number of nitrogens with one attached hydrogen (secondary N) is 1. The lowest BCUT2D eigenvalue weighted by Crippen LogP contribution is -2.47. The molecular formula is C20H27N3O5S. The molecule has 4 atom stereocenters. The van der Waals surface area contributed by atoms with Crippen molar-refractivity contribution in [2.45, 2.75) is 65.1 Å². The topological polar surface area (TPSA) is 103 Å². The number of amides is 1. The first-order valence-corrected chi connectivity index (χ1v) is 10.8. The molecule has 0 spiro atoms. The van der Waals surface area contributed by atoms with Gasteiger partial charge in [-0.15, -0.1) is 16.4 Å². The molecule has 2 aromatic heterocycles. The van der Waals surface area contributed by atoms with Gasteiger partial charge in [0.1, 0.15) is 0 Å². The molecule has 0 radical (unpaired) electrons. The number of carbonyl (C=O) groups excluding carboxylic acids is 2. The molecule has 0 aromatic carbocycles. The van der Waals surface area contributed by atoms with E-state index in [4.69, 9.17) is 9.15 Å². The van der Waals surface area contributed by atoms with Crippen LogP contribution in [-0.2, 0) is 20.9 Å². The van der Waals surface area contributed by atoms with E-state index in [1.807, 2.05) is 11.4 Å². The lowest BCUT2D eigenvalue weighted by atomic mass is 9.78. The van der Waals surface area contributed by atoms with Crippen molar-refractivity contribution in [2.75, 3.05) is 0 Å². The first-order valence-electron chi connectivity index (χ1n) is 9.97. The predicted molar refractivity (Wildman–Crippen MR) is 108 cm³/mol. The van der Waals surface area contributed by atoms with Crippen molar-refractivity contribution in [3.8, 4) is 10.8 Å². The van der Waals surface area contributed by atoms with Gasteiger partial charge in [-0.1, -0.05) is 32.8 Å². The molecule has 1 fully saturated rings. The van der Waals surface area contributed by atoms with Gasteiger partial charge < -0.3 is 14.5 Å². The molecule has 2 aromatic rings. The summed E-state index contributed by atoms with van der Waals surface area (Å²) in [5.74, 6) is -0.304. The first-order chi connectivity index (χ1) is 13.8. The van der Waals surface area contributed by atoms with Gasteiger partial charge in [-0.2, -0.15) is 4.68 Å². The zero-order chi connectivity index (χ0) is 21.0. The number of aromatic nitrogens is 2. The van der Waals surface area contributed by atoms with Crippen LogP contribution < -0.4 is 11.1 Å². The van der Waals surface area contributed by atoms with E-state index < -0.39 is 17.8 Å². The minimum Gasteiger partial charge on any atom is -0.452 e. The van der Waals surface area contributed by atoms with Crippen LogP contribution >= 0.6 is 11.3 Å². The molecule has 1 amide bonds. The maximum atomic E-state index is 12.4. The first kappa shape index (κ1) is 21.3. The number of hydrogen-bond donors (Lipinski definition) is 1. The molecule has 1 aliphatic rings. The molecule has 29 heavy (non-hydrogen) atoms. The number of esters is 1. The van der Waals surface area contributed by atoms with Crippen LogP contribution in [0.2, 0.25) is 0 Å². The molecule has 0 aliphatic heterocycles. The van der Waals surface area contributed by atoms with Crippen molar-refractivity contribution in [1.82, 2.24) is 15.1 Å². The number of thiophene rings is 1. The molecule has 8 nitrogen and oxygen atoms in total. The van der Waals surface area contributed by atoms with E-state index in [0.29, 0.717) is 11.8 Å². The molecule has 1 N–H and O–H groups in total. The third kappa shape index (κ3) is 5.35. The molecule has 2 heterocycles. The summed E-state index contributed by atoms with van der Waals surface area (Å²) >= 11 is 1.40. The predicted octanol–water partition coefficient (Wildman–Crippen LogP) is 2.83. The van der Waals surface area contributed by atoms with Crippen LogP contribution in [0.15, 0.2) is 26.7 Å². The molecular weight excluding hydrogens is 394 g/mol. The van der Waals surface area contributed by atoms with Crippen LogP contribution in [0, 0.1) is 11.8 Å². The van der Waals surface area contributed by atoms with E-state index in [-0.39, 0.29) is 30.8 Å². The molecule has 3 rings (SSSR count). The van der Waals surface area contributed by atoms with Crippen molar-refractivity contribution in [3.05, 3.63) is 28.1 Å². The van der Waals surface area contributed by atoms with E-state index in [2.05, 4.69) is 24.3 Å². The highest BCUT2D eigenvalue weighted by atomic mass is 32.1. The van der Waals surface area contributed by atoms with E-state index in [0.717, 1.165) is 22.4 Å². The van der Waals surface area contributed by atoms with Crippen molar-refractivity contribution in [3.63, 3.8) is 0 Å². The second-order valence-corrected chi connectivity index (χ2v) is 8.59. The third-order valence-corrected chi connectivity index (χ3v) is 6.44. The van der Waals surface area contributed by atoms with Gasteiger partial charge in [0.2, 0.25) is 0 Å². The zero-order valence-electron chi connectivity index (χ0n) is 16.9. The summed E-state index contributed by atoms with van der Waals surface area (Å²) in [4.78, 5) is 37.1. The Balaban J connectivity index is 1.48. The van der Waals surface area contributed by atoms with Crippen LogP contribution in [0.25, 0.3) is 10.8 Å². The van der Waals surface area contributed by atoms with Gasteiger partial charge in [-0.25, -0.2) is 4.79 Å². The molecule has 1 aliphatic carbocycles. The Hall–Kier alpha value is -2.42. The monoisotopic (exact) mass is 421 g/mol. The molecule has 9 heteroatoms. The number of nitrogens with zero attached hydrogens (tertiary/aromatic N) is 2. The van der Waals surface area contributed by atoms with E-state index in [1.165, 1.54) is 17.8 Å². The highest BCUT2D eigenvalue weighted by Crippen LogP contribution is 2.29. The average molecular weight is 422 g/mol. The fourth-order valence-electron chi connectivity index (χ4n) is 3.54. The van der Waals surface area contributed by atoms with Gasteiger partial charge in [0, 0.05) is 6.04 Å². The second kappa shape index (κ2) is 9.39. The normalized spacial score (nSPS) is 22.8. The standard InChI is InChI=1S/C20H27N3O5S/c1-12-6-4-7-15(13(12)2)21-18(25)14(3)27-17(24)9-10-23-20(26)28-19(22-23)16-8-5-11-29-16/h5,8,11-15H,4,6-7,9-10H2,1-3H3,(H,21,25)/t12-,13+,14+,15-/m1/s1. The molecule has 0 saturated heterocycles. The largest absolute Gasteiger partial charge is 0.452 e. The quantitative estimate of drug-likeness (QED) is 0.690. The van der Waals surface area contributed by atoms with Crippen molar-refractivity contribution < 1.29 is 18.7 Å². The van der Waals surface area contributed by atoms with E-state index in [9.17, 15) is 14.4 Å². The van der Waals surface area contributed by atoms with Crippen molar-refractivity contribution in [2.24, 2.45) is 11.8 Å². The van der Waals surface area contributed by atoms with Crippen LogP contribution in [0.1, 0.15) is 46.5 Å². The van der Waals surface area contributed by atoms with Crippen LogP contribution in [-0.4, -0.2) is 33.8 Å². The summed E-state index contributed by atoms with van der Waals surface area (Å²) in [6.07, 6.45) is 2.24. The molecule has 0 bridgehead atoms. The molecule has 158 valence electrons. The third-order valence-electron chi connectivity index (χ3n) is 5.58. The van der Waals surface area contributed by atoms with Crippen molar-refractivity contribution in [1.29, 1.82) is 0 Å². The Morgan fingerprint density at radius 2 is 2.21 bits per heavy atom. The van der Waals surface area contributed by atoms with Gasteiger partial charge in [-0.05, 0) is 36.6 Å². The van der Waals surface area contributed by atoms with Gasteiger partial charge in [0.05, 0.1) is 17.8 Å². The highest BCUT2D eigenvalue weighted by Gasteiger charge is 2.30. The fraction of sp³-hybridized carbons (Fsp3) is 0.600. The fourth-order valence-corrected chi connectivity index (χ4v) is 4.18. The average Bonchev–Trinajstić information content (AvgIpc) is 3.33. The lowest BCUT2D eigenvalue weighted by Gasteiger charge is -2.35. The van der Waals surface area contributed by atoms with Gasteiger partial charge in [-0.3, -0.25) is 9.59 Å². The van der Waals surface area contributed by atoms with Crippen LogP contribution in [0.3, 0.4) is 0 Å².